The van der Waals surface area contributed by atoms with Crippen LogP contribution in [0.3, 0.4) is 0 Å². The molecule has 8 heteroatoms. The van der Waals surface area contributed by atoms with E-state index in [0.717, 1.165) is 0 Å². The number of urea groups is 1. The van der Waals surface area contributed by atoms with E-state index in [1.807, 2.05) is 6.92 Å². The van der Waals surface area contributed by atoms with Gasteiger partial charge in [-0.15, -0.1) is 0 Å². The normalized spacial score (nSPS) is 16.6. The third-order valence-corrected chi connectivity index (χ3v) is 4.22. The van der Waals surface area contributed by atoms with Gasteiger partial charge in [0, 0.05) is 32.2 Å². The van der Waals surface area contributed by atoms with Gasteiger partial charge in [-0.3, -0.25) is 9.59 Å². The summed E-state index contributed by atoms with van der Waals surface area (Å²) >= 11 is 6.09. The van der Waals surface area contributed by atoms with E-state index in [2.05, 4.69) is 16.0 Å². The number of likely N-dealkylation sites (tertiary alicyclic amines) is 1. The van der Waals surface area contributed by atoms with Crippen LogP contribution in [0.1, 0.15) is 23.7 Å². The Morgan fingerprint density at radius 3 is 2.75 bits per heavy atom. The molecule has 0 aliphatic carbocycles. The van der Waals surface area contributed by atoms with Crippen LogP contribution < -0.4 is 16.0 Å². The first-order chi connectivity index (χ1) is 11.5. The zero-order chi connectivity index (χ0) is 17.7. The zero-order valence-corrected chi connectivity index (χ0v) is 14.4. The van der Waals surface area contributed by atoms with Crippen LogP contribution in [0.2, 0.25) is 5.02 Å². The zero-order valence-electron chi connectivity index (χ0n) is 13.7. The van der Waals surface area contributed by atoms with E-state index in [1.54, 1.807) is 17.0 Å². The minimum Gasteiger partial charge on any atom is -0.356 e. The molecule has 7 nitrogen and oxygen atoms in total. The summed E-state index contributed by atoms with van der Waals surface area (Å²) in [7, 11) is 1.53. The summed E-state index contributed by atoms with van der Waals surface area (Å²) in [6, 6.07) is 4.33. The maximum atomic E-state index is 12.4. The van der Waals surface area contributed by atoms with Crippen molar-refractivity contribution in [2.75, 3.05) is 32.0 Å². The second-order valence-electron chi connectivity index (χ2n) is 5.53. The maximum absolute atomic E-state index is 12.4. The summed E-state index contributed by atoms with van der Waals surface area (Å²) < 4.78 is 0. The van der Waals surface area contributed by atoms with Gasteiger partial charge < -0.3 is 20.9 Å². The second kappa shape index (κ2) is 8.01. The maximum Gasteiger partial charge on any atom is 0.321 e. The van der Waals surface area contributed by atoms with Crippen molar-refractivity contribution in [1.29, 1.82) is 0 Å². The lowest BCUT2D eigenvalue weighted by atomic mass is 10.1. The third kappa shape index (κ3) is 4.17. The molecule has 2 rings (SSSR count). The number of anilines is 1. The van der Waals surface area contributed by atoms with Crippen molar-refractivity contribution in [3.8, 4) is 0 Å². The lowest BCUT2D eigenvalue weighted by Crippen LogP contribution is -2.36. The molecular formula is C16H21ClN4O3. The van der Waals surface area contributed by atoms with Gasteiger partial charge >= 0.3 is 6.03 Å². The first-order valence-corrected chi connectivity index (χ1v) is 8.19. The number of nitrogens with one attached hydrogen (secondary N) is 3. The Labute approximate surface area is 145 Å². The molecular weight excluding hydrogens is 332 g/mol. The van der Waals surface area contributed by atoms with Crippen molar-refractivity contribution in [2.45, 2.75) is 13.3 Å². The summed E-state index contributed by atoms with van der Waals surface area (Å²) in [6.45, 7) is 3.30. The molecule has 0 spiro atoms. The molecule has 130 valence electrons. The molecule has 1 aromatic carbocycles. The van der Waals surface area contributed by atoms with Crippen LogP contribution in [0.15, 0.2) is 18.2 Å². The molecule has 1 aliphatic heterocycles. The van der Waals surface area contributed by atoms with Gasteiger partial charge in [0.15, 0.2) is 0 Å². The monoisotopic (exact) mass is 352 g/mol. The Morgan fingerprint density at radius 1 is 1.33 bits per heavy atom. The fourth-order valence-corrected chi connectivity index (χ4v) is 2.74. The minimum atomic E-state index is -0.335. The Bertz CT molecular complexity index is 650. The van der Waals surface area contributed by atoms with Crippen molar-refractivity contribution in [3.05, 3.63) is 28.8 Å². The molecule has 24 heavy (non-hydrogen) atoms. The van der Waals surface area contributed by atoms with Crippen LogP contribution in [-0.4, -0.2) is 49.4 Å². The molecule has 1 saturated heterocycles. The number of carbonyl (C=O) groups excluding carboxylic acids is 3. The van der Waals surface area contributed by atoms with Crippen molar-refractivity contribution in [3.63, 3.8) is 0 Å². The fourth-order valence-electron chi connectivity index (χ4n) is 2.58. The standard InChI is InChI=1S/C16H21ClN4O3/c1-3-19-15(23)11-6-7-21(9-11)16(24)20-13-8-10(14(22)18-2)4-5-12(13)17/h4-5,8,11H,3,6-7,9H2,1-2H3,(H,18,22)(H,19,23)(H,20,24)/t11-/m1/s1. The van der Waals surface area contributed by atoms with Gasteiger partial charge in [-0.05, 0) is 31.5 Å². The molecule has 0 saturated carbocycles. The lowest BCUT2D eigenvalue weighted by Gasteiger charge is -2.18. The van der Waals surface area contributed by atoms with Crippen molar-refractivity contribution in [1.82, 2.24) is 15.5 Å². The van der Waals surface area contributed by atoms with E-state index >= 15 is 0 Å². The van der Waals surface area contributed by atoms with Crippen LogP contribution >= 0.6 is 11.6 Å². The van der Waals surface area contributed by atoms with E-state index < -0.39 is 0 Å². The molecule has 1 heterocycles. The first kappa shape index (κ1) is 18.1. The van der Waals surface area contributed by atoms with Crippen molar-refractivity contribution >= 4 is 35.1 Å². The number of hydrogen-bond donors (Lipinski definition) is 3. The van der Waals surface area contributed by atoms with Crippen LogP contribution in [-0.2, 0) is 4.79 Å². The van der Waals surface area contributed by atoms with Gasteiger partial charge in [0.25, 0.3) is 5.91 Å². The molecule has 1 fully saturated rings. The summed E-state index contributed by atoms with van der Waals surface area (Å²) in [4.78, 5) is 37.5. The van der Waals surface area contributed by atoms with Gasteiger partial charge in [0.1, 0.15) is 0 Å². The summed E-state index contributed by atoms with van der Waals surface area (Å²) in [5.41, 5.74) is 0.767. The molecule has 1 atom stereocenters. The number of benzene rings is 1. The molecule has 3 N–H and O–H groups in total. The number of carbonyl (C=O) groups is 3. The van der Waals surface area contributed by atoms with E-state index in [4.69, 9.17) is 11.6 Å². The van der Waals surface area contributed by atoms with Gasteiger partial charge in [0.05, 0.1) is 16.6 Å². The van der Waals surface area contributed by atoms with Gasteiger partial charge in [-0.1, -0.05) is 11.6 Å². The number of rotatable bonds is 4. The molecule has 0 aromatic heterocycles. The highest BCUT2D eigenvalue weighted by atomic mass is 35.5. The highest BCUT2D eigenvalue weighted by molar-refractivity contribution is 6.33. The quantitative estimate of drug-likeness (QED) is 0.770. The molecule has 1 aliphatic rings. The van der Waals surface area contributed by atoms with Crippen LogP contribution in [0.5, 0.6) is 0 Å². The van der Waals surface area contributed by atoms with Gasteiger partial charge in [-0.25, -0.2) is 4.79 Å². The van der Waals surface area contributed by atoms with E-state index in [1.165, 1.54) is 13.1 Å². The second-order valence-corrected chi connectivity index (χ2v) is 5.94. The average molecular weight is 353 g/mol. The minimum absolute atomic E-state index is 0.0348. The lowest BCUT2D eigenvalue weighted by molar-refractivity contribution is -0.124. The van der Waals surface area contributed by atoms with Crippen LogP contribution in [0.4, 0.5) is 10.5 Å². The number of halogens is 1. The Morgan fingerprint density at radius 2 is 2.08 bits per heavy atom. The average Bonchev–Trinajstić information content (AvgIpc) is 3.06. The van der Waals surface area contributed by atoms with E-state index in [0.29, 0.717) is 42.3 Å². The molecule has 0 radical (unpaired) electrons. The predicted molar refractivity (Wildman–Crippen MR) is 92.2 cm³/mol. The summed E-state index contributed by atoms with van der Waals surface area (Å²) in [6.07, 6.45) is 0.630. The molecule has 1 aromatic rings. The number of amides is 4. The summed E-state index contributed by atoms with van der Waals surface area (Å²) in [5, 5.41) is 8.34. The smallest absolute Gasteiger partial charge is 0.321 e. The highest BCUT2D eigenvalue weighted by Gasteiger charge is 2.31. The van der Waals surface area contributed by atoms with E-state index in [-0.39, 0.29) is 23.8 Å². The largest absolute Gasteiger partial charge is 0.356 e. The Balaban J connectivity index is 2.02. The van der Waals surface area contributed by atoms with Crippen LogP contribution in [0, 0.1) is 5.92 Å². The van der Waals surface area contributed by atoms with Crippen LogP contribution in [0.25, 0.3) is 0 Å². The first-order valence-electron chi connectivity index (χ1n) is 7.81. The van der Waals surface area contributed by atoms with Crippen molar-refractivity contribution < 1.29 is 14.4 Å². The van der Waals surface area contributed by atoms with Gasteiger partial charge in [0.2, 0.25) is 5.91 Å². The van der Waals surface area contributed by atoms with Crippen molar-refractivity contribution in [2.24, 2.45) is 5.92 Å². The molecule has 0 unspecified atom stereocenters. The Hall–Kier alpha value is -2.28. The molecule has 0 bridgehead atoms. The third-order valence-electron chi connectivity index (χ3n) is 3.89. The SMILES string of the molecule is CCNC(=O)[C@@H]1CCN(C(=O)Nc2cc(C(=O)NC)ccc2Cl)C1. The number of nitrogens with zero attached hydrogens (tertiary/aromatic N) is 1. The van der Waals surface area contributed by atoms with Gasteiger partial charge in [-0.2, -0.15) is 0 Å². The predicted octanol–water partition coefficient (Wildman–Crippen LogP) is 1.69. The summed E-state index contributed by atoms with van der Waals surface area (Å²) in [5.74, 6) is -0.490. The molecule has 4 amide bonds. The Kier molecular flexibility index (Phi) is 6.03. The highest BCUT2D eigenvalue weighted by Crippen LogP contribution is 2.25. The number of hydrogen-bond acceptors (Lipinski definition) is 3. The topological polar surface area (TPSA) is 90.5 Å². The van der Waals surface area contributed by atoms with E-state index in [9.17, 15) is 14.4 Å². The fraction of sp³-hybridized carbons (Fsp3) is 0.438.